The summed E-state index contributed by atoms with van der Waals surface area (Å²) in [5, 5.41) is 11.2. The first-order valence-corrected chi connectivity index (χ1v) is 9.22. The number of nitrogens with zero attached hydrogens (tertiary/aromatic N) is 5. The summed E-state index contributed by atoms with van der Waals surface area (Å²) in [5.74, 6) is 0.958. The molecular weight excluding hydrogens is 314 g/mol. The Morgan fingerprint density at radius 3 is 2.56 bits per heavy atom. The molecule has 2 unspecified atom stereocenters. The van der Waals surface area contributed by atoms with Gasteiger partial charge in [0.1, 0.15) is 12.1 Å². The molecule has 2 aliphatic rings. The summed E-state index contributed by atoms with van der Waals surface area (Å²) >= 11 is 0. The number of rotatable bonds is 3. The molecule has 6 heteroatoms. The zero-order valence-corrected chi connectivity index (χ0v) is 15.1. The molecule has 1 saturated heterocycles. The molecule has 134 valence electrons. The summed E-state index contributed by atoms with van der Waals surface area (Å²) in [6.45, 7) is 4.04. The SMILES string of the molecule is CN(C)c1ncnc2ccc(N3CCN(C4CCCC4O)CC3)cc12. The van der Waals surface area contributed by atoms with Gasteiger partial charge in [0.2, 0.25) is 0 Å². The van der Waals surface area contributed by atoms with Crippen molar-refractivity contribution in [2.75, 3.05) is 50.1 Å². The highest BCUT2D eigenvalue weighted by Gasteiger charge is 2.32. The van der Waals surface area contributed by atoms with Crippen molar-refractivity contribution < 1.29 is 5.11 Å². The lowest BCUT2D eigenvalue weighted by Gasteiger charge is -2.40. The molecule has 2 heterocycles. The van der Waals surface area contributed by atoms with Gasteiger partial charge in [-0.05, 0) is 37.5 Å². The molecule has 1 aliphatic carbocycles. The number of benzene rings is 1. The first-order valence-electron chi connectivity index (χ1n) is 9.22. The van der Waals surface area contributed by atoms with Crippen LogP contribution in [0.2, 0.25) is 0 Å². The van der Waals surface area contributed by atoms with Crippen LogP contribution in [-0.2, 0) is 0 Å². The number of anilines is 2. The van der Waals surface area contributed by atoms with Crippen molar-refractivity contribution in [2.24, 2.45) is 0 Å². The van der Waals surface area contributed by atoms with Gasteiger partial charge in [0.15, 0.2) is 0 Å². The van der Waals surface area contributed by atoms with Gasteiger partial charge in [0.05, 0.1) is 11.6 Å². The molecule has 2 atom stereocenters. The minimum Gasteiger partial charge on any atom is -0.391 e. The van der Waals surface area contributed by atoms with Crippen LogP contribution in [-0.4, -0.2) is 72.4 Å². The molecule has 6 nitrogen and oxygen atoms in total. The Hall–Kier alpha value is -1.92. The molecule has 0 radical (unpaired) electrons. The average Bonchev–Trinajstić information content (AvgIpc) is 3.06. The molecule has 2 fully saturated rings. The van der Waals surface area contributed by atoms with Crippen molar-refractivity contribution in [1.82, 2.24) is 14.9 Å². The zero-order chi connectivity index (χ0) is 17.4. The van der Waals surface area contributed by atoms with E-state index in [2.05, 4.69) is 38.0 Å². The minimum atomic E-state index is -0.132. The number of aromatic nitrogens is 2. The van der Waals surface area contributed by atoms with E-state index in [1.54, 1.807) is 6.33 Å². The first-order chi connectivity index (χ1) is 12.1. The number of aliphatic hydroxyl groups excluding tert-OH is 1. The Labute approximate surface area is 149 Å². The van der Waals surface area contributed by atoms with Gasteiger partial charge in [0, 0.05) is 57.4 Å². The quantitative estimate of drug-likeness (QED) is 0.918. The Balaban J connectivity index is 1.52. The van der Waals surface area contributed by atoms with E-state index in [1.807, 2.05) is 19.0 Å². The predicted molar refractivity (Wildman–Crippen MR) is 101 cm³/mol. The summed E-state index contributed by atoms with van der Waals surface area (Å²) in [6.07, 6.45) is 4.75. The molecule has 1 saturated carbocycles. The molecule has 0 spiro atoms. The molecular formula is C19H27N5O. The van der Waals surface area contributed by atoms with Crippen LogP contribution in [0.25, 0.3) is 10.9 Å². The molecule has 2 aromatic rings. The smallest absolute Gasteiger partial charge is 0.139 e. The van der Waals surface area contributed by atoms with Crippen LogP contribution in [0.1, 0.15) is 19.3 Å². The maximum Gasteiger partial charge on any atom is 0.139 e. The van der Waals surface area contributed by atoms with Gasteiger partial charge < -0.3 is 14.9 Å². The Kier molecular flexibility index (Phi) is 4.48. The van der Waals surface area contributed by atoms with E-state index in [-0.39, 0.29) is 6.10 Å². The summed E-state index contributed by atoms with van der Waals surface area (Å²) < 4.78 is 0. The summed E-state index contributed by atoms with van der Waals surface area (Å²) in [7, 11) is 4.03. The van der Waals surface area contributed by atoms with E-state index < -0.39 is 0 Å². The largest absolute Gasteiger partial charge is 0.391 e. The molecule has 25 heavy (non-hydrogen) atoms. The third-order valence-corrected chi connectivity index (χ3v) is 5.61. The van der Waals surface area contributed by atoms with Gasteiger partial charge in [-0.1, -0.05) is 0 Å². The molecule has 1 aliphatic heterocycles. The fourth-order valence-corrected chi connectivity index (χ4v) is 4.24. The first kappa shape index (κ1) is 16.5. The third kappa shape index (κ3) is 3.16. The van der Waals surface area contributed by atoms with Gasteiger partial charge in [-0.25, -0.2) is 9.97 Å². The highest BCUT2D eigenvalue weighted by atomic mass is 16.3. The van der Waals surface area contributed by atoms with Crippen molar-refractivity contribution in [2.45, 2.75) is 31.4 Å². The van der Waals surface area contributed by atoms with Gasteiger partial charge in [0.25, 0.3) is 0 Å². The summed E-state index contributed by atoms with van der Waals surface area (Å²) in [6, 6.07) is 6.83. The van der Waals surface area contributed by atoms with E-state index in [0.29, 0.717) is 6.04 Å². The zero-order valence-electron chi connectivity index (χ0n) is 15.1. The number of aliphatic hydroxyl groups is 1. The van der Waals surface area contributed by atoms with Crippen LogP contribution >= 0.6 is 0 Å². The van der Waals surface area contributed by atoms with Crippen molar-refractivity contribution >= 4 is 22.4 Å². The van der Waals surface area contributed by atoms with Crippen molar-refractivity contribution in [3.8, 4) is 0 Å². The number of piperazine rings is 1. The van der Waals surface area contributed by atoms with Gasteiger partial charge in [-0.15, -0.1) is 0 Å². The second kappa shape index (κ2) is 6.77. The maximum absolute atomic E-state index is 10.2. The lowest BCUT2D eigenvalue weighted by atomic mass is 10.1. The standard InChI is InChI=1S/C19H27N5O/c1-22(2)19-15-12-14(6-7-16(15)20-13-21-19)23-8-10-24(11-9-23)17-4-3-5-18(17)25/h6-7,12-13,17-18,25H,3-5,8-11H2,1-2H3. The Morgan fingerprint density at radius 1 is 1.08 bits per heavy atom. The average molecular weight is 341 g/mol. The molecule has 1 N–H and O–H groups in total. The van der Waals surface area contributed by atoms with E-state index >= 15 is 0 Å². The highest BCUT2D eigenvalue weighted by molar-refractivity contribution is 5.91. The predicted octanol–water partition coefficient (Wildman–Crippen LogP) is 1.73. The Bertz CT molecular complexity index is 742. The van der Waals surface area contributed by atoms with Crippen LogP contribution in [0.15, 0.2) is 24.5 Å². The third-order valence-electron chi connectivity index (χ3n) is 5.61. The van der Waals surface area contributed by atoms with E-state index in [9.17, 15) is 5.11 Å². The van der Waals surface area contributed by atoms with E-state index in [4.69, 9.17) is 0 Å². The molecule has 0 bridgehead atoms. The molecule has 4 rings (SSSR count). The second-order valence-corrected chi connectivity index (χ2v) is 7.38. The van der Waals surface area contributed by atoms with E-state index in [0.717, 1.165) is 62.2 Å². The number of hydrogen-bond donors (Lipinski definition) is 1. The molecule has 1 aromatic carbocycles. The topological polar surface area (TPSA) is 55.7 Å². The van der Waals surface area contributed by atoms with Crippen LogP contribution in [0.5, 0.6) is 0 Å². The molecule has 0 amide bonds. The van der Waals surface area contributed by atoms with E-state index in [1.165, 1.54) is 5.69 Å². The minimum absolute atomic E-state index is 0.132. The van der Waals surface area contributed by atoms with Gasteiger partial charge in [-0.3, -0.25) is 4.90 Å². The van der Waals surface area contributed by atoms with Crippen molar-refractivity contribution in [3.63, 3.8) is 0 Å². The Morgan fingerprint density at radius 2 is 1.88 bits per heavy atom. The van der Waals surface area contributed by atoms with Gasteiger partial charge in [-0.2, -0.15) is 0 Å². The number of fused-ring (bicyclic) bond motifs is 1. The van der Waals surface area contributed by atoms with Crippen LogP contribution in [0.4, 0.5) is 11.5 Å². The lowest BCUT2D eigenvalue weighted by Crippen LogP contribution is -2.52. The fraction of sp³-hybridized carbons (Fsp3) is 0.579. The normalized spacial score (nSPS) is 24.8. The second-order valence-electron chi connectivity index (χ2n) is 7.38. The summed E-state index contributed by atoms with van der Waals surface area (Å²) in [4.78, 5) is 15.8. The fourth-order valence-electron chi connectivity index (χ4n) is 4.24. The van der Waals surface area contributed by atoms with Crippen LogP contribution in [0, 0.1) is 0 Å². The van der Waals surface area contributed by atoms with Crippen LogP contribution in [0.3, 0.4) is 0 Å². The maximum atomic E-state index is 10.2. The lowest BCUT2D eigenvalue weighted by molar-refractivity contribution is 0.0671. The number of hydrogen-bond acceptors (Lipinski definition) is 6. The molecule has 1 aromatic heterocycles. The highest BCUT2D eigenvalue weighted by Crippen LogP contribution is 2.29. The van der Waals surface area contributed by atoms with Crippen LogP contribution < -0.4 is 9.80 Å². The monoisotopic (exact) mass is 341 g/mol. The van der Waals surface area contributed by atoms with Gasteiger partial charge >= 0.3 is 0 Å². The summed E-state index contributed by atoms with van der Waals surface area (Å²) in [5.41, 5.74) is 2.21. The van der Waals surface area contributed by atoms with Crippen molar-refractivity contribution in [3.05, 3.63) is 24.5 Å². The van der Waals surface area contributed by atoms with Crippen molar-refractivity contribution in [1.29, 1.82) is 0 Å².